The van der Waals surface area contributed by atoms with E-state index >= 15 is 0 Å². The molecule has 98 valence electrons. The number of esters is 1. The van der Waals surface area contributed by atoms with E-state index in [0.29, 0.717) is 0 Å². The number of hydrogen-bond donors (Lipinski definition) is 0. The van der Waals surface area contributed by atoms with Crippen LogP contribution in [0.5, 0.6) is 0 Å². The highest BCUT2D eigenvalue weighted by atomic mass is 16.7. The number of benzene rings is 1. The number of hydrogen-bond acceptors (Lipinski definition) is 3. The first-order chi connectivity index (χ1) is 8.46. The molecule has 1 aliphatic heterocycles. The molecule has 0 N–H and O–H groups in total. The van der Waals surface area contributed by atoms with Gasteiger partial charge in [0, 0.05) is 6.42 Å². The standard InChI is InChI=1S/C15H20O3/c1-11(2)15(13(16)17-4)14(3,18-15)10-12-8-6-5-7-9-12/h5-9,11H,10H2,1-4H3. The minimum atomic E-state index is -0.794. The highest BCUT2D eigenvalue weighted by molar-refractivity contribution is 5.85. The Balaban J connectivity index is 2.22. The quantitative estimate of drug-likeness (QED) is 0.607. The lowest BCUT2D eigenvalue weighted by atomic mass is 9.81. The number of carbonyl (C=O) groups excluding carboxylic acids is 1. The second-order valence-electron chi connectivity index (χ2n) is 5.38. The number of carbonyl (C=O) groups is 1. The summed E-state index contributed by atoms with van der Waals surface area (Å²) < 4.78 is 10.7. The largest absolute Gasteiger partial charge is 0.467 e. The highest BCUT2D eigenvalue weighted by Gasteiger charge is 2.73. The summed E-state index contributed by atoms with van der Waals surface area (Å²) in [7, 11) is 1.41. The molecule has 3 heteroatoms. The van der Waals surface area contributed by atoms with E-state index in [2.05, 4.69) is 12.1 Å². The summed E-state index contributed by atoms with van der Waals surface area (Å²) in [4.78, 5) is 12.0. The Morgan fingerprint density at radius 3 is 2.44 bits per heavy atom. The van der Waals surface area contributed by atoms with Gasteiger partial charge in [0.25, 0.3) is 0 Å². The van der Waals surface area contributed by atoms with Crippen LogP contribution in [0.4, 0.5) is 0 Å². The van der Waals surface area contributed by atoms with Crippen molar-refractivity contribution in [3.63, 3.8) is 0 Å². The Labute approximate surface area is 108 Å². The normalized spacial score (nSPS) is 30.3. The van der Waals surface area contributed by atoms with Gasteiger partial charge in [-0.3, -0.25) is 0 Å². The van der Waals surface area contributed by atoms with Crippen LogP contribution >= 0.6 is 0 Å². The minimum Gasteiger partial charge on any atom is -0.467 e. The van der Waals surface area contributed by atoms with Gasteiger partial charge in [-0.05, 0) is 18.4 Å². The first kappa shape index (κ1) is 13.1. The van der Waals surface area contributed by atoms with Crippen molar-refractivity contribution in [2.45, 2.75) is 38.4 Å². The van der Waals surface area contributed by atoms with Gasteiger partial charge in [0.15, 0.2) is 5.60 Å². The zero-order chi connectivity index (χ0) is 13.4. The molecular formula is C15H20O3. The molecule has 18 heavy (non-hydrogen) atoms. The molecule has 1 heterocycles. The first-order valence-corrected chi connectivity index (χ1v) is 6.29. The maximum absolute atomic E-state index is 12.0. The Kier molecular flexibility index (Phi) is 3.20. The van der Waals surface area contributed by atoms with Gasteiger partial charge in [-0.1, -0.05) is 44.2 Å². The Bertz CT molecular complexity index is 440. The van der Waals surface area contributed by atoms with Crippen molar-refractivity contribution in [2.24, 2.45) is 5.92 Å². The molecule has 0 amide bonds. The summed E-state index contributed by atoms with van der Waals surface area (Å²) in [6.45, 7) is 5.97. The lowest BCUT2D eigenvalue weighted by Crippen LogP contribution is -2.39. The Hall–Kier alpha value is -1.35. The van der Waals surface area contributed by atoms with Crippen LogP contribution < -0.4 is 0 Å². The molecule has 1 aliphatic rings. The van der Waals surface area contributed by atoms with E-state index in [1.165, 1.54) is 12.7 Å². The topological polar surface area (TPSA) is 38.8 Å². The highest BCUT2D eigenvalue weighted by Crippen LogP contribution is 2.55. The molecule has 2 unspecified atom stereocenters. The van der Waals surface area contributed by atoms with Gasteiger partial charge >= 0.3 is 5.97 Å². The fourth-order valence-electron chi connectivity index (χ4n) is 2.86. The van der Waals surface area contributed by atoms with E-state index in [1.807, 2.05) is 39.0 Å². The van der Waals surface area contributed by atoms with Gasteiger partial charge in [-0.15, -0.1) is 0 Å². The van der Waals surface area contributed by atoms with Gasteiger partial charge in [-0.25, -0.2) is 4.79 Å². The summed E-state index contributed by atoms with van der Waals surface area (Å²) in [5.74, 6) is -0.172. The van der Waals surface area contributed by atoms with Crippen LogP contribution in [0.1, 0.15) is 26.3 Å². The summed E-state index contributed by atoms with van der Waals surface area (Å²) in [5, 5.41) is 0. The number of ether oxygens (including phenoxy) is 2. The number of epoxide rings is 1. The van der Waals surface area contributed by atoms with E-state index in [-0.39, 0.29) is 11.9 Å². The van der Waals surface area contributed by atoms with Crippen molar-refractivity contribution in [1.29, 1.82) is 0 Å². The van der Waals surface area contributed by atoms with Gasteiger partial charge < -0.3 is 9.47 Å². The van der Waals surface area contributed by atoms with Crippen molar-refractivity contribution in [3.8, 4) is 0 Å². The van der Waals surface area contributed by atoms with E-state index in [0.717, 1.165) is 6.42 Å². The third-order valence-corrected chi connectivity index (χ3v) is 3.82. The molecule has 0 aromatic heterocycles. The molecule has 0 spiro atoms. The smallest absolute Gasteiger partial charge is 0.341 e. The van der Waals surface area contributed by atoms with E-state index in [4.69, 9.17) is 9.47 Å². The van der Waals surface area contributed by atoms with Crippen LogP contribution in [0, 0.1) is 5.92 Å². The molecule has 2 rings (SSSR count). The SMILES string of the molecule is COC(=O)C1(C(C)C)OC1(C)Cc1ccccc1. The molecule has 1 fully saturated rings. The molecule has 2 atom stereocenters. The van der Waals surface area contributed by atoms with Crippen molar-refractivity contribution < 1.29 is 14.3 Å². The molecule has 0 radical (unpaired) electrons. The second kappa shape index (κ2) is 4.39. The third kappa shape index (κ3) is 1.83. The predicted octanol–water partition coefficient (Wildman–Crippen LogP) is 2.59. The summed E-state index contributed by atoms with van der Waals surface area (Å²) in [5.41, 5.74) is -0.0841. The van der Waals surface area contributed by atoms with Crippen LogP contribution in [0.15, 0.2) is 30.3 Å². The fourth-order valence-corrected chi connectivity index (χ4v) is 2.86. The maximum Gasteiger partial charge on any atom is 0.341 e. The summed E-state index contributed by atoms with van der Waals surface area (Å²) >= 11 is 0. The lowest BCUT2D eigenvalue weighted by Gasteiger charge is -2.18. The second-order valence-corrected chi connectivity index (χ2v) is 5.38. The zero-order valence-electron chi connectivity index (χ0n) is 11.4. The van der Waals surface area contributed by atoms with Gasteiger partial charge in [0.1, 0.15) is 5.60 Å². The van der Waals surface area contributed by atoms with Gasteiger partial charge in [-0.2, -0.15) is 0 Å². The third-order valence-electron chi connectivity index (χ3n) is 3.82. The van der Waals surface area contributed by atoms with Crippen molar-refractivity contribution in [2.75, 3.05) is 7.11 Å². The Morgan fingerprint density at radius 1 is 1.33 bits per heavy atom. The van der Waals surface area contributed by atoms with Crippen molar-refractivity contribution in [3.05, 3.63) is 35.9 Å². The maximum atomic E-state index is 12.0. The number of rotatable bonds is 4. The predicted molar refractivity (Wildman–Crippen MR) is 69.2 cm³/mol. The van der Waals surface area contributed by atoms with Gasteiger partial charge in [0.2, 0.25) is 0 Å². The number of methoxy groups -OCH3 is 1. The van der Waals surface area contributed by atoms with Crippen molar-refractivity contribution in [1.82, 2.24) is 0 Å². The van der Waals surface area contributed by atoms with Gasteiger partial charge in [0.05, 0.1) is 7.11 Å². The minimum absolute atomic E-state index is 0.0960. The lowest BCUT2D eigenvalue weighted by molar-refractivity contribution is -0.148. The van der Waals surface area contributed by atoms with Crippen LogP contribution in [0.25, 0.3) is 0 Å². The summed E-state index contributed by atoms with van der Waals surface area (Å²) in [6.07, 6.45) is 0.723. The average molecular weight is 248 g/mol. The van der Waals surface area contributed by atoms with E-state index < -0.39 is 11.2 Å². The molecule has 1 aromatic rings. The average Bonchev–Trinajstić information content (AvgIpc) is 2.97. The van der Waals surface area contributed by atoms with E-state index in [9.17, 15) is 4.79 Å². The van der Waals surface area contributed by atoms with Crippen molar-refractivity contribution >= 4 is 5.97 Å². The zero-order valence-corrected chi connectivity index (χ0v) is 11.4. The first-order valence-electron chi connectivity index (χ1n) is 6.29. The fraction of sp³-hybridized carbons (Fsp3) is 0.533. The van der Waals surface area contributed by atoms with Crippen LogP contribution in [0.3, 0.4) is 0 Å². The van der Waals surface area contributed by atoms with Crippen LogP contribution in [0.2, 0.25) is 0 Å². The molecule has 1 aromatic carbocycles. The molecule has 0 bridgehead atoms. The monoisotopic (exact) mass is 248 g/mol. The molecule has 3 nitrogen and oxygen atoms in total. The van der Waals surface area contributed by atoms with E-state index in [1.54, 1.807) is 0 Å². The van der Waals surface area contributed by atoms with Crippen LogP contribution in [-0.2, 0) is 20.7 Å². The molecule has 1 saturated heterocycles. The molecule has 0 aliphatic carbocycles. The van der Waals surface area contributed by atoms with Crippen LogP contribution in [-0.4, -0.2) is 24.3 Å². The Morgan fingerprint density at radius 2 is 1.94 bits per heavy atom. The summed E-state index contributed by atoms with van der Waals surface area (Å²) in [6, 6.07) is 10.1. The molecular weight excluding hydrogens is 228 g/mol. The molecule has 0 saturated carbocycles.